The summed E-state index contributed by atoms with van der Waals surface area (Å²) in [5, 5.41) is 3.74. The Bertz CT molecular complexity index is 571. The summed E-state index contributed by atoms with van der Waals surface area (Å²) in [6, 6.07) is 6.41. The Morgan fingerprint density at radius 2 is 2.05 bits per heavy atom. The summed E-state index contributed by atoms with van der Waals surface area (Å²) >= 11 is 12.1. The van der Waals surface area contributed by atoms with Crippen LogP contribution in [-0.4, -0.2) is 0 Å². The summed E-state index contributed by atoms with van der Waals surface area (Å²) in [6.45, 7) is 0. The predicted molar refractivity (Wildman–Crippen MR) is 93.9 cm³/mol. The molecule has 0 nitrogen and oxygen atoms in total. The minimum Gasteiger partial charge on any atom is -0.142 e. The van der Waals surface area contributed by atoms with Gasteiger partial charge in [0, 0.05) is 9.17 Å². The minimum absolute atomic E-state index is 0.167. The highest BCUT2D eigenvalue weighted by Crippen LogP contribution is 2.40. The summed E-state index contributed by atoms with van der Waals surface area (Å²) in [6.07, 6.45) is 9.52. The highest BCUT2D eigenvalue weighted by atomic mass is 79.9. The number of rotatable bonds is 4. The topological polar surface area (TPSA) is 0 Å². The lowest BCUT2D eigenvalue weighted by atomic mass is 9.85. The van der Waals surface area contributed by atoms with Crippen LogP contribution in [0.4, 0.5) is 0 Å². The predicted octanol–water partition coefficient (Wildman–Crippen LogP) is 7.30. The molecule has 0 bridgehead atoms. The molecule has 20 heavy (non-hydrogen) atoms. The molecule has 0 N–H and O–H groups in total. The Hall–Kier alpha value is -0.0500. The Kier molecular flexibility index (Phi) is 5.06. The van der Waals surface area contributed by atoms with Crippen molar-refractivity contribution in [2.75, 3.05) is 0 Å². The molecule has 1 aromatic heterocycles. The van der Waals surface area contributed by atoms with Gasteiger partial charge in [0.1, 0.15) is 0 Å². The van der Waals surface area contributed by atoms with E-state index in [1.54, 1.807) is 11.3 Å². The van der Waals surface area contributed by atoms with E-state index in [-0.39, 0.29) is 5.38 Å². The zero-order valence-electron chi connectivity index (χ0n) is 11.6. The summed E-state index contributed by atoms with van der Waals surface area (Å²) in [5.74, 6) is 0.918. The monoisotopic (exact) mass is 370 g/mol. The van der Waals surface area contributed by atoms with Gasteiger partial charge in [0.05, 0.1) is 5.38 Å². The second-order valence-electron chi connectivity index (χ2n) is 5.86. The molecule has 108 valence electrons. The summed E-state index contributed by atoms with van der Waals surface area (Å²) < 4.78 is 2.51. The molecule has 3 rings (SSSR count). The van der Waals surface area contributed by atoms with Gasteiger partial charge in [-0.1, -0.05) is 44.2 Å². The van der Waals surface area contributed by atoms with Crippen LogP contribution in [0.25, 0.3) is 10.1 Å². The van der Waals surface area contributed by atoms with Crippen molar-refractivity contribution in [3.63, 3.8) is 0 Å². The van der Waals surface area contributed by atoms with Crippen molar-refractivity contribution in [2.24, 2.45) is 5.92 Å². The van der Waals surface area contributed by atoms with Crippen LogP contribution in [0, 0.1) is 5.92 Å². The van der Waals surface area contributed by atoms with Crippen molar-refractivity contribution < 1.29 is 0 Å². The van der Waals surface area contributed by atoms with Gasteiger partial charge in [-0.05, 0) is 57.1 Å². The minimum atomic E-state index is 0.167. The van der Waals surface area contributed by atoms with E-state index in [9.17, 15) is 0 Å². The van der Waals surface area contributed by atoms with E-state index >= 15 is 0 Å². The van der Waals surface area contributed by atoms with E-state index in [1.807, 2.05) is 0 Å². The summed E-state index contributed by atoms with van der Waals surface area (Å²) in [4.78, 5) is 0. The van der Waals surface area contributed by atoms with Crippen LogP contribution < -0.4 is 0 Å². The lowest BCUT2D eigenvalue weighted by molar-refractivity contribution is 0.331. The third kappa shape index (κ3) is 3.23. The van der Waals surface area contributed by atoms with Gasteiger partial charge in [-0.3, -0.25) is 0 Å². The zero-order chi connectivity index (χ0) is 13.9. The van der Waals surface area contributed by atoms with Crippen molar-refractivity contribution in [1.82, 2.24) is 0 Å². The molecule has 1 aromatic carbocycles. The van der Waals surface area contributed by atoms with Crippen LogP contribution in [0.2, 0.25) is 0 Å². The fourth-order valence-corrected chi connectivity index (χ4v) is 5.36. The first-order chi connectivity index (χ1) is 9.75. The maximum atomic E-state index is 6.69. The van der Waals surface area contributed by atoms with Crippen LogP contribution in [0.3, 0.4) is 0 Å². The maximum Gasteiger partial charge on any atom is 0.0599 e. The van der Waals surface area contributed by atoms with E-state index < -0.39 is 0 Å². The largest absolute Gasteiger partial charge is 0.142 e. The number of halogens is 2. The van der Waals surface area contributed by atoms with Gasteiger partial charge < -0.3 is 0 Å². The molecule has 0 spiro atoms. The standard InChI is InChI=1S/C17H20BrClS/c18-15-8-4-7-13-14(11-20-17(13)15)16(19)10-9-12-5-2-1-3-6-12/h4,7-8,11-12,16H,1-3,5-6,9-10H2. The van der Waals surface area contributed by atoms with E-state index in [4.69, 9.17) is 11.6 Å². The van der Waals surface area contributed by atoms with Gasteiger partial charge in [-0.15, -0.1) is 22.9 Å². The molecule has 1 saturated carbocycles. The first kappa shape index (κ1) is 14.9. The number of thiophene rings is 1. The van der Waals surface area contributed by atoms with Crippen molar-refractivity contribution in [3.05, 3.63) is 33.6 Å². The van der Waals surface area contributed by atoms with E-state index in [2.05, 4.69) is 39.5 Å². The molecule has 1 aliphatic carbocycles. The Labute approximate surface area is 138 Å². The van der Waals surface area contributed by atoms with Crippen LogP contribution in [-0.2, 0) is 0 Å². The SMILES string of the molecule is ClC(CCC1CCCCC1)c1csc2c(Br)cccc12. The fraction of sp³-hybridized carbons (Fsp3) is 0.529. The zero-order valence-corrected chi connectivity index (χ0v) is 14.7. The normalized spacial score (nSPS) is 18.5. The van der Waals surface area contributed by atoms with Crippen LogP contribution >= 0.6 is 38.9 Å². The van der Waals surface area contributed by atoms with Crippen molar-refractivity contribution >= 4 is 49.0 Å². The molecule has 1 aliphatic rings. The van der Waals surface area contributed by atoms with Crippen LogP contribution in [0.15, 0.2) is 28.1 Å². The average molecular weight is 372 g/mol. The first-order valence-corrected chi connectivity index (χ1v) is 9.66. The number of alkyl halides is 1. The van der Waals surface area contributed by atoms with Crippen LogP contribution in [0.5, 0.6) is 0 Å². The van der Waals surface area contributed by atoms with Gasteiger partial charge in [-0.25, -0.2) is 0 Å². The van der Waals surface area contributed by atoms with Gasteiger partial charge in [0.15, 0.2) is 0 Å². The fourth-order valence-electron chi connectivity index (χ4n) is 3.30. The molecule has 1 fully saturated rings. The molecule has 2 aromatic rings. The lowest BCUT2D eigenvalue weighted by Crippen LogP contribution is -2.07. The van der Waals surface area contributed by atoms with Gasteiger partial charge in [-0.2, -0.15) is 0 Å². The van der Waals surface area contributed by atoms with Gasteiger partial charge in [0.2, 0.25) is 0 Å². The van der Waals surface area contributed by atoms with E-state index in [0.29, 0.717) is 0 Å². The molecular weight excluding hydrogens is 352 g/mol. The lowest BCUT2D eigenvalue weighted by Gasteiger charge is -2.22. The van der Waals surface area contributed by atoms with E-state index in [0.717, 1.165) is 12.3 Å². The number of hydrogen-bond donors (Lipinski definition) is 0. The molecule has 0 aliphatic heterocycles. The Morgan fingerprint density at radius 1 is 1.25 bits per heavy atom. The van der Waals surface area contributed by atoms with E-state index in [1.165, 1.54) is 58.6 Å². The molecule has 0 radical (unpaired) electrons. The first-order valence-electron chi connectivity index (χ1n) is 7.55. The van der Waals surface area contributed by atoms with Crippen molar-refractivity contribution in [2.45, 2.75) is 50.3 Å². The number of hydrogen-bond acceptors (Lipinski definition) is 1. The Balaban J connectivity index is 1.69. The molecule has 1 unspecified atom stereocenters. The third-order valence-corrected chi connectivity index (χ3v) is 6.90. The molecule has 3 heteroatoms. The second-order valence-corrected chi connectivity index (χ2v) is 8.12. The molecule has 0 saturated heterocycles. The molecule has 0 amide bonds. The van der Waals surface area contributed by atoms with Crippen molar-refractivity contribution in [1.29, 1.82) is 0 Å². The molecule has 1 atom stereocenters. The highest BCUT2D eigenvalue weighted by molar-refractivity contribution is 9.10. The summed E-state index contributed by atoms with van der Waals surface area (Å²) in [7, 11) is 0. The number of fused-ring (bicyclic) bond motifs is 1. The van der Waals surface area contributed by atoms with Crippen molar-refractivity contribution in [3.8, 4) is 0 Å². The quantitative estimate of drug-likeness (QED) is 0.494. The maximum absolute atomic E-state index is 6.69. The Morgan fingerprint density at radius 3 is 2.85 bits per heavy atom. The third-order valence-electron chi connectivity index (χ3n) is 4.47. The summed E-state index contributed by atoms with van der Waals surface area (Å²) in [5.41, 5.74) is 1.32. The van der Waals surface area contributed by atoms with Gasteiger partial charge in [0.25, 0.3) is 0 Å². The molecular formula is C17H20BrClS. The molecule has 1 heterocycles. The van der Waals surface area contributed by atoms with Gasteiger partial charge >= 0.3 is 0 Å². The smallest absolute Gasteiger partial charge is 0.0599 e. The van der Waals surface area contributed by atoms with Crippen LogP contribution in [0.1, 0.15) is 55.9 Å². The highest BCUT2D eigenvalue weighted by Gasteiger charge is 2.18. The average Bonchev–Trinajstić information content (AvgIpc) is 2.91. The number of benzene rings is 1. The second kappa shape index (κ2) is 6.81.